The van der Waals surface area contributed by atoms with Gasteiger partial charge in [-0.1, -0.05) is 42.8 Å². The Labute approximate surface area is 227 Å². The quantitative estimate of drug-likeness (QED) is 0.261. The van der Waals surface area contributed by atoms with E-state index in [1.165, 1.54) is 13.1 Å². The number of carbonyl (C=O) groups is 1. The number of nitrogens with one attached hydrogen (secondary N) is 1. The molecular weight excluding hydrogens is 535 g/mol. The summed E-state index contributed by atoms with van der Waals surface area (Å²) in [6.45, 7) is 4.08. The number of halogens is 2. The average molecular weight is 561 g/mol. The minimum Gasteiger partial charge on any atom is -0.467 e. The van der Waals surface area contributed by atoms with Crippen molar-refractivity contribution in [2.24, 2.45) is 0 Å². The highest BCUT2D eigenvalue weighted by atomic mass is 35.5. The lowest BCUT2D eigenvalue weighted by atomic mass is 10.1. The molecule has 2 aromatic heterocycles. The first-order valence-electron chi connectivity index (χ1n) is 11.2. The van der Waals surface area contributed by atoms with Crippen LogP contribution in [0.3, 0.4) is 0 Å². The number of rotatable bonds is 9. The van der Waals surface area contributed by atoms with Gasteiger partial charge in [-0.25, -0.2) is 18.4 Å². The lowest BCUT2D eigenvalue weighted by molar-refractivity contribution is 0.102. The van der Waals surface area contributed by atoms with E-state index in [9.17, 15) is 13.2 Å². The van der Waals surface area contributed by atoms with Crippen LogP contribution in [0.2, 0.25) is 5.02 Å². The van der Waals surface area contributed by atoms with Gasteiger partial charge in [-0.15, -0.1) is 12.4 Å². The van der Waals surface area contributed by atoms with Gasteiger partial charge in [0.25, 0.3) is 5.91 Å². The molecule has 8 nitrogen and oxygen atoms in total. The van der Waals surface area contributed by atoms with Crippen LogP contribution in [0, 0.1) is 6.92 Å². The van der Waals surface area contributed by atoms with Crippen molar-refractivity contribution in [2.75, 3.05) is 16.0 Å². The third kappa shape index (κ3) is 7.09. The number of hydrogen-bond acceptors (Lipinski definition) is 7. The van der Waals surface area contributed by atoms with Gasteiger partial charge in [0, 0.05) is 17.3 Å². The Bertz CT molecular complexity index is 1460. The van der Waals surface area contributed by atoms with E-state index in [-0.39, 0.29) is 23.9 Å². The number of amides is 1. The second kappa shape index (κ2) is 12.2. The molecule has 2 heterocycles. The molecule has 1 amide bonds. The summed E-state index contributed by atoms with van der Waals surface area (Å²) in [7, 11) is -3.74. The van der Waals surface area contributed by atoms with Crippen molar-refractivity contribution in [2.45, 2.75) is 32.1 Å². The molecule has 4 rings (SSSR count). The van der Waals surface area contributed by atoms with Crippen molar-refractivity contribution in [3.05, 3.63) is 101 Å². The van der Waals surface area contributed by atoms with Gasteiger partial charge >= 0.3 is 0 Å². The second-order valence-corrected chi connectivity index (χ2v) is 10.8. The van der Waals surface area contributed by atoms with Gasteiger partial charge in [-0.05, 0) is 54.4 Å². The Morgan fingerprint density at radius 3 is 2.49 bits per heavy atom. The topological polar surface area (TPSA) is 105 Å². The lowest BCUT2D eigenvalue weighted by Crippen LogP contribution is -2.27. The lowest BCUT2D eigenvalue weighted by Gasteiger charge is -2.25. The zero-order chi connectivity index (χ0) is 25.7. The fraction of sp³-hybridized carbons (Fsp3) is 0.192. The minimum absolute atomic E-state index is 0. The van der Waals surface area contributed by atoms with Crippen molar-refractivity contribution in [3.63, 3.8) is 0 Å². The highest BCUT2D eigenvalue weighted by Gasteiger charge is 2.25. The van der Waals surface area contributed by atoms with E-state index in [1.807, 2.05) is 48.2 Å². The molecule has 11 heteroatoms. The zero-order valence-corrected chi connectivity index (χ0v) is 22.6. The number of benzene rings is 2. The van der Waals surface area contributed by atoms with Gasteiger partial charge < -0.3 is 14.6 Å². The summed E-state index contributed by atoms with van der Waals surface area (Å²) in [4.78, 5) is 23.7. The molecule has 0 atom stereocenters. The van der Waals surface area contributed by atoms with Gasteiger partial charge in [0.15, 0.2) is 5.69 Å². The molecule has 2 aromatic carbocycles. The Kier molecular flexibility index (Phi) is 9.31. The first-order valence-corrected chi connectivity index (χ1v) is 13.3. The number of sulfone groups is 1. The molecule has 0 saturated carbocycles. The maximum Gasteiger partial charge on any atom is 0.276 e. The van der Waals surface area contributed by atoms with Crippen molar-refractivity contribution in [1.82, 2.24) is 9.97 Å². The summed E-state index contributed by atoms with van der Waals surface area (Å²) in [6, 6.07) is 18.2. The molecule has 0 unspecified atom stereocenters. The molecule has 4 aromatic rings. The number of aromatic nitrogens is 2. The number of carbonyl (C=O) groups excluding carboxylic acids is 1. The van der Waals surface area contributed by atoms with Gasteiger partial charge in [0.1, 0.15) is 5.76 Å². The van der Waals surface area contributed by atoms with Crippen molar-refractivity contribution >= 4 is 51.1 Å². The molecule has 0 bridgehead atoms. The number of hydrogen-bond donors (Lipinski definition) is 1. The Hall–Kier alpha value is -3.40. The van der Waals surface area contributed by atoms with Crippen molar-refractivity contribution in [3.8, 4) is 0 Å². The molecular formula is C26H26Cl2N4O4S. The molecule has 0 fully saturated rings. The average Bonchev–Trinajstić information content (AvgIpc) is 3.38. The number of nitrogens with zero attached hydrogens (tertiary/aromatic N) is 3. The fourth-order valence-corrected chi connectivity index (χ4v) is 4.40. The third-order valence-corrected chi connectivity index (χ3v) is 7.22. The molecule has 0 spiro atoms. The van der Waals surface area contributed by atoms with Crippen LogP contribution in [0.4, 0.5) is 11.4 Å². The molecule has 194 valence electrons. The van der Waals surface area contributed by atoms with Crippen LogP contribution in [0.1, 0.15) is 34.3 Å². The molecule has 0 aliphatic carbocycles. The minimum atomic E-state index is -3.74. The molecule has 0 aliphatic heterocycles. The predicted octanol–water partition coefficient (Wildman–Crippen LogP) is 5.71. The van der Waals surface area contributed by atoms with Crippen LogP contribution < -0.4 is 10.2 Å². The molecule has 0 aliphatic rings. The van der Waals surface area contributed by atoms with E-state index in [1.54, 1.807) is 30.5 Å². The summed E-state index contributed by atoms with van der Waals surface area (Å²) in [6.07, 6.45) is 2.94. The van der Waals surface area contributed by atoms with Crippen LogP contribution in [0.25, 0.3) is 0 Å². The van der Waals surface area contributed by atoms with Gasteiger partial charge in [-0.2, -0.15) is 0 Å². The second-order valence-electron chi connectivity index (χ2n) is 8.18. The third-order valence-electron chi connectivity index (χ3n) is 5.45. The Balaban J connectivity index is 0.00000380. The van der Waals surface area contributed by atoms with Crippen LogP contribution in [0.5, 0.6) is 0 Å². The smallest absolute Gasteiger partial charge is 0.276 e. The molecule has 1 N–H and O–H groups in total. The molecule has 37 heavy (non-hydrogen) atoms. The summed E-state index contributed by atoms with van der Waals surface area (Å²) in [5, 5.41) is 3.04. The Morgan fingerprint density at radius 1 is 1.08 bits per heavy atom. The van der Waals surface area contributed by atoms with E-state index in [4.69, 9.17) is 16.0 Å². The maximum atomic E-state index is 13.5. The van der Waals surface area contributed by atoms with Gasteiger partial charge in [0.05, 0.1) is 30.4 Å². The highest BCUT2D eigenvalue weighted by molar-refractivity contribution is 7.91. The monoisotopic (exact) mass is 560 g/mol. The Morgan fingerprint density at radius 2 is 1.84 bits per heavy atom. The van der Waals surface area contributed by atoms with Crippen LogP contribution in [-0.2, 0) is 22.9 Å². The zero-order valence-electron chi connectivity index (χ0n) is 20.2. The fourth-order valence-electron chi connectivity index (χ4n) is 3.58. The summed E-state index contributed by atoms with van der Waals surface area (Å²) in [5.74, 6) is -0.0861. The normalized spacial score (nSPS) is 11.0. The molecule has 0 saturated heterocycles. The van der Waals surface area contributed by atoms with E-state index >= 15 is 0 Å². The highest BCUT2D eigenvalue weighted by Crippen LogP contribution is 2.26. The number of aryl methyl sites for hydroxylation is 1. The van der Waals surface area contributed by atoms with Crippen LogP contribution in [-0.4, -0.2) is 30.0 Å². The van der Waals surface area contributed by atoms with E-state index < -0.39 is 20.9 Å². The van der Waals surface area contributed by atoms with E-state index in [0.717, 1.165) is 11.1 Å². The first kappa shape index (κ1) is 28.2. The van der Waals surface area contributed by atoms with Crippen LogP contribution in [0.15, 0.2) is 82.7 Å². The van der Waals surface area contributed by atoms with Crippen LogP contribution >= 0.6 is 24.0 Å². The standard InChI is InChI=1S/C26H25ClN4O4S.ClH/c1-3-36(33,34)26-28-15-23(24(30-26)25(32)29-21-7-4-6-18(2)14-21)31(17-22-8-5-13-35-22)16-19-9-11-20(27)12-10-19;/h4-15H,3,16-17H2,1-2H3,(H,29,32);1H. The number of furan rings is 1. The molecule has 0 radical (unpaired) electrons. The first-order chi connectivity index (χ1) is 17.2. The predicted molar refractivity (Wildman–Crippen MR) is 146 cm³/mol. The van der Waals surface area contributed by atoms with Gasteiger partial charge in [0.2, 0.25) is 15.0 Å². The van der Waals surface area contributed by atoms with E-state index in [2.05, 4.69) is 15.3 Å². The summed E-state index contributed by atoms with van der Waals surface area (Å²) in [5.41, 5.74) is 2.76. The maximum absolute atomic E-state index is 13.5. The summed E-state index contributed by atoms with van der Waals surface area (Å²) >= 11 is 6.05. The number of anilines is 2. The van der Waals surface area contributed by atoms with Gasteiger partial charge in [-0.3, -0.25) is 4.79 Å². The van der Waals surface area contributed by atoms with E-state index in [0.29, 0.717) is 35.2 Å². The largest absolute Gasteiger partial charge is 0.467 e. The summed E-state index contributed by atoms with van der Waals surface area (Å²) < 4.78 is 30.6. The van der Waals surface area contributed by atoms with Crippen molar-refractivity contribution in [1.29, 1.82) is 0 Å². The van der Waals surface area contributed by atoms with Crippen molar-refractivity contribution < 1.29 is 17.6 Å². The SMILES string of the molecule is CCS(=O)(=O)c1ncc(N(Cc2ccc(Cl)cc2)Cc2ccco2)c(C(=O)Nc2cccc(C)c2)n1.Cl.